The van der Waals surface area contributed by atoms with Crippen molar-refractivity contribution in [1.82, 2.24) is 19.7 Å². The van der Waals surface area contributed by atoms with Crippen LogP contribution in [0, 0.1) is 11.8 Å². The summed E-state index contributed by atoms with van der Waals surface area (Å²) in [6.07, 6.45) is 7.62. The molecule has 2 aliphatic rings. The molecule has 1 aromatic rings. The molecule has 2 fully saturated rings. The maximum absolute atomic E-state index is 12.3. The molecule has 1 aromatic heterocycles. The second kappa shape index (κ2) is 6.55. The SMILES string of the molecule is C[C@@H]1CN(C(=O)Nc2ncn(C3CCCCC3)n2)C[C@H]1C(N)=O. The van der Waals surface area contributed by atoms with Crippen LogP contribution in [0.2, 0.25) is 0 Å². The fraction of sp³-hybridized carbons (Fsp3) is 0.733. The van der Waals surface area contributed by atoms with Crippen LogP contribution in [-0.4, -0.2) is 44.7 Å². The van der Waals surface area contributed by atoms with Crippen LogP contribution in [0.4, 0.5) is 10.7 Å². The first-order chi connectivity index (χ1) is 11.0. The van der Waals surface area contributed by atoms with Gasteiger partial charge in [0.15, 0.2) is 0 Å². The molecule has 8 nitrogen and oxygen atoms in total. The second-order valence-corrected chi connectivity index (χ2v) is 6.66. The van der Waals surface area contributed by atoms with Gasteiger partial charge in [-0.05, 0) is 18.8 Å². The Hall–Kier alpha value is -2.12. The van der Waals surface area contributed by atoms with E-state index in [1.165, 1.54) is 19.3 Å². The third kappa shape index (κ3) is 3.46. The molecule has 3 rings (SSSR count). The minimum atomic E-state index is -0.354. The number of nitrogens with one attached hydrogen (secondary N) is 1. The molecule has 8 heteroatoms. The first-order valence-electron chi connectivity index (χ1n) is 8.31. The van der Waals surface area contributed by atoms with E-state index in [0.717, 1.165) is 12.8 Å². The molecule has 1 saturated heterocycles. The number of hydrogen-bond acceptors (Lipinski definition) is 4. The number of aromatic nitrogens is 3. The Balaban J connectivity index is 1.58. The molecule has 1 saturated carbocycles. The Morgan fingerprint density at radius 3 is 2.65 bits per heavy atom. The van der Waals surface area contributed by atoms with E-state index in [2.05, 4.69) is 15.4 Å². The Morgan fingerprint density at radius 2 is 2.00 bits per heavy atom. The number of nitrogens with zero attached hydrogens (tertiary/aromatic N) is 4. The van der Waals surface area contributed by atoms with E-state index in [1.54, 1.807) is 11.2 Å². The lowest BCUT2D eigenvalue weighted by Crippen LogP contribution is -2.35. The molecule has 1 aliphatic carbocycles. The number of primary amides is 1. The average molecular weight is 320 g/mol. The van der Waals surface area contributed by atoms with Crippen LogP contribution in [0.3, 0.4) is 0 Å². The second-order valence-electron chi connectivity index (χ2n) is 6.66. The van der Waals surface area contributed by atoms with Crippen molar-refractivity contribution >= 4 is 17.9 Å². The maximum Gasteiger partial charge on any atom is 0.324 e. The molecule has 0 aromatic carbocycles. The Kier molecular flexibility index (Phi) is 4.49. The number of likely N-dealkylation sites (tertiary alicyclic amines) is 1. The van der Waals surface area contributed by atoms with Crippen molar-refractivity contribution in [2.45, 2.75) is 45.1 Å². The average Bonchev–Trinajstić information content (AvgIpc) is 3.15. The topological polar surface area (TPSA) is 106 Å². The number of rotatable bonds is 3. The summed E-state index contributed by atoms with van der Waals surface area (Å²) in [5.41, 5.74) is 5.36. The summed E-state index contributed by atoms with van der Waals surface area (Å²) >= 11 is 0. The number of carbonyl (C=O) groups excluding carboxylic acids is 2. The van der Waals surface area contributed by atoms with Crippen molar-refractivity contribution in [3.05, 3.63) is 6.33 Å². The highest BCUT2D eigenvalue weighted by Gasteiger charge is 2.36. The molecule has 2 heterocycles. The molecule has 3 amide bonds. The molecule has 126 valence electrons. The van der Waals surface area contributed by atoms with E-state index < -0.39 is 0 Å². The predicted octanol–water partition coefficient (Wildman–Crippen LogP) is 1.37. The van der Waals surface area contributed by atoms with E-state index in [9.17, 15) is 9.59 Å². The van der Waals surface area contributed by atoms with Crippen molar-refractivity contribution in [2.75, 3.05) is 18.4 Å². The van der Waals surface area contributed by atoms with Gasteiger partial charge in [-0.1, -0.05) is 26.2 Å². The van der Waals surface area contributed by atoms with Gasteiger partial charge in [-0.3, -0.25) is 10.1 Å². The number of amides is 3. The number of carbonyl (C=O) groups is 2. The normalized spacial score (nSPS) is 25.5. The van der Waals surface area contributed by atoms with Gasteiger partial charge >= 0.3 is 6.03 Å². The molecule has 0 radical (unpaired) electrons. The molecule has 3 N–H and O–H groups in total. The summed E-state index contributed by atoms with van der Waals surface area (Å²) in [6, 6.07) is 0.106. The first kappa shape index (κ1) is 15.8. The third-order valence-corrected chi connectivity index (χ3v) is 4.94. The van der Waals surface area contributed by atoms with E-state index >= 15 is 0 Å². The highest BCUT2D eigenvalue weighted by Crippen LogP contribution is 2.27. The predicted molar refractivity (Wildman–Crippen MR) is 84.6 cm³/mol. The quantitative estimate of drug-likeness (QED) is 0.877. The van der Waals surface area contributed by atoms with Gasteiger partial charge in [-0.15, -0.1) is 5.10 Å². The van der Waals surface area contributed by atoms with Crippen molar-refractivity contribution in [2.24, 2.45) is 17.6 Å². The zero-order valence-electron chi connectivity index (χ0n) is 13.4. The summed E-state index contributed by atoms with van der Waals surface area (Å²) in [4.78, 5) is 29.4. The van der Waals surface area contributed by atoms with Crippen LogP contribution in [0.5, 0.6) is 0 Å². The number of anilines is 1. The summed E-state index contributed by atoms with van der Waals surface area (Å²) in [5, 5.41) is 7.09. The number of urea groups is 1. The van der Waals surface area contributed by atoms with Gasteiger partial charge in [-0.2, -0.15) is 0 Å². The summed E-state index contributed by atoms with van der Waals surface area (Å²) < 4.78 is 1.85. The Labute approximate surface area is 135 Å². The lowest BCUT2D eigenvalue weighted by molar-refractivity contribution is -0.122. The summed E-state index contributed by atoms with van der Waals surface area (Å²) in [7, 11) is 0. The van der Waals surface area contributed by atoms with E-state index in [-0.39, 0.29) is 23.8 Å². The monoisotopic (exact) mass is 320 g/mol. The molecule has 0 bridgehead atoms. The van der Waals surface area contributed by atoms with Gasteiger partial charge in [0, 0.05) is 13.1 Å². The van der Waals surface area contributed by atoms with E-state index in [0.29, 0.717) is 25.1 Å². The highest BCUT2D eigenvalue weighted by atomic mass is 16.2. The largest absolute Gasteiger partial charge is 0.369 e. The molecule has 0 spiro atoms. The standard InChI is InChI=1S/C15H24N6O2/c1-10-7-20(8-12(10)13(16)22)15(23)18-14-17-9-21(19-14)11-5-3-2-4-6-11/h9-12H,2-8H2,1H3,(H2,16,22)(H,18,19,23)/t10-,12-/m1/s1. The molecule has 0 unspecified atom stereocenters. The van der Waals surface area contributed by atoms with Crippen LogP contribution < -0.4 is 11.1 Å². The minimum absolute atomic E-state index is 0.0750. The molecule has 1 aliphatic heterocycles. The van der Waals surface area contributed by atoms with Crippen molar-refractivity contribution in [1.29, 1.82) is 0 Å². The highest BCUT2D eigenvalue weighted by molar-refractivity contribution is 5.88. The minimum Gasteiger partial charge on any atom is -0.369 e. The number of hydrogen-bond donors (Lipinski definition) is 2. The zero-order valence-corrected chi connectivity index (χ0v) is 13.4. The maximum atomic E-state index is 12.3. The lowest BCUT2D eigenvalue weighted by Gasteiger charge is -2.21. The molecular weight excluding hydrogens is 296 g/mol. The smallest absolute Gasteiger partial charge is 0.324 e. The summed E-state index contributed by atoms with van der Waals surface area (Å²) in [6.45, 7) is 2.80. The van der Waals surface area contributed by atoms with Gasteiger partial charge in [0.1, 0.15) is 6.33 Å². The number of nitrogens with two attached hydrogens (primary N) is 1. The van der Waals surface area contributed by atoms with Gasteiger partial charge in [-0.25, -0.2) is 14.5 Å². The van der Waals surface area contributed by atoms with Crippen LogP contribution in [0.25, 0.3) is 0 Å². The van der Waals surface area contributed by atoms with E-state index in [1.807, 2.05) is 11.6 Å². The fourth-order valence-electron chi connectivity index (χ4n) is 3.53. The van der Waals surface area contributed by atoms with Gasteiger partial charge < -0.3 is 10.6 Å². The zero-order chi connectivity index (χ0) is 16.4. The molecule has 23 heavy (non-hydrogen) atoms. The van der Waals surface area contributed by atoms with Gasteiger partial charge in [0.2, 0.25) is 11.9 Å². The lowest BCUT2D eigenvalue weighted by atomic mass is 9.96. The fourth-order valence-corrected chi connectivity index (χ4v) is 3.53. The molecular formula is C15H24N6O2. The molecule has 2 atom stereocenters. The van der Waals surface area contributed by atoms with Crippen molar-refractivity contribution in [3.63, 3.8) is 0 Å². The van der Waals surface area contributed by atoms with E-state index in [4.69, 9.17) is 5.73 Å². The third-order valence-electron chi connectivity index (χ3n) is 4.94. The Bertz CT molecular complexity index is 580. The Morgan fingerprint density at radius 1 is 1.26 bits per heavy atom. The first-order valence-corrected chi connectivity index (χ1v) is 8.31. The van der Waals surface area contributed by atoms with Crippen molar-refractivity contribution < 1.29 is 9.59 Å². The van der Waals surface area contributed by atoms with Crippen LogP contribution >= 0.6 is 0 Å². The van der Waals surface area contributed by atoms with Crippen LogP contribution in [-0.2, 0) is 4.79 Å². The van der Waals surface area contributed by atoms with Gasteiger partial charge in [0.05, 0.1) is 12.0 Å². The van der Waals surface area contributed by atoms with Crippen LogP contribution in [0.1, 0.15) is 45.1 Å². The summed E-state index contributed by atoms with van der Waals surface area (Å²) in [5.74, 6) is -0.247. The van der Waals surface area contributed by atoms with Crippen molar-refractivity contribution in [3.8, 4) is 0 Å². The van der Waals surface area contributed by atoms with Crippen LogP contribution in [0.15, 0.2) is 6.33 Å². The van der Waals surface area contributed by atoms with Gasteiger partial charge in [0.25, 0.3) is 0 Å².